The van der Waals surface area contributed by atoms with E-state index in [2.05, 4.69) is 4.98 Å². The van der Waals surface area contributed by atoms with Crippen LogP contribution in [0.15, 0.2) is 83.2 Å². The molecule has 0 saturated carbocycles. The monoisotopic (exact) mass is 513 g/mol. The van der Waals surface area contributed by atoms with Crippen LogP contribution in [-0.2, 0) is 16.6 Å². The Morgan fingerprint density at radius 2 is 1.82 bits per heavy atom. The number of thiophene rings is 1. The van der Waals surface area contributed by atoms with Crippen molar-refractivity contribution in [2.45, 2.75) is 17.7 Å². The molecule has 0 unspecified atom stereocenters. The summed E-state index contributed by atoms with van der Waals surface area (Å²) in [5, 5.41) is 9.79. The van der Waals surface area contributed by atoms with Crippen molar-refractivity contribution in [3.63, 3.8) is 0 Å². The lowest BCUT2D eigenvalue weighted by Crippen LogP contribution is -2.33. The number of nitrogens with zero attached hydrogens (tertiary/aromatic N) is 2. The van der Waals surface area contributed by atoms with Gasteiger partial charge in [0.05, 0.1) is 28.4 Å². The minimum Gasteiger partial charge on any atom is -0.288 e. The first-order chi connectivity index (χ1) is 16.3. The summed E-state index contributed by atoms with van der Waals surface area (Å²) in [6.45, 7) is 1.66. The van der Waals surface area contributed by atoms with Crippen LogP contribution >= 0.6 is 22.9 Å². The summed E-state index contributed by atoms with van der Waals surface area (Å²) in [5.74, 6) is -0.810. The largest absolute Gasteiger partial charge is 0.288 e. The molecule has 4 rings (SSSR count). The lowest BCUT2D eigenvalue weighted by Gasteiger charge is -2.27. The lowest BCUT2D eigenvalue weighted by atomic mass is 10.1. The minimum absolute atomic E-state index is 0.0292. The molecular formula is C24H20ClN3O4S2. The van der Waals surface area contributed by atoms with Crippen LogP contribution in [0.1, 0.15) is 21.5 Å². The number of anilines is 1. The highest BCUT2D eigenvalue weighted by Gasteiger charge is 2.31. The van der Waals surface area contributed by atoms with Gasteiger partial charge in [-0.25, -0.2) is 13.9 Å². The number of aromatic nitrogens is 1. The highest BCUT2D eigenvalue weighted by atomic mass is 35.5. The number of hydrogen-bond donors (Lipinski definition) is 2. The second-order valence-electron chi connectivity index (χ2n) is 7.38. The summed E-state index contributed by atoms with van der Waals surface area (Å²) < 4.78 is 29.2. The minimum atomic E-state index is -4.11. The van der Waals surface area contributed by atoms with Crippen LogP contribution in [0.2, 0.25) is 5.02 Å². The van der Waals surface area contributed by atoms with Gasteiger partial charge in [0, 0.05) is 11.2 Å². The van der Waals surface area contributed by atoms with Gasteiger partial charge in [-0.05, 0) is 60.5 Å². The SMILES string of the molecule is Cc1cccc(C(=O)NO)c1N(Cc1ccc(Cl)cc1)S(=O)(=O)c1ccc(-c2ccccn2)s1. The highest BCUT2D eigenvalue weighted by Crippen LogP contribution is 2.36. The summed E-state index contributed by atoms with van der Waals surface area (Å²) in [5.41, 5.74) is 3.71. The van der Waals surface area contributed by atoms with Gasteiger partial charge in [-0.3, -0.25) is 19.3 Å². The first-order valence-electron chi connectivity index (χ1n) is 10.1. The van der Waals surface area contributed by atoms with E-state index in [0.717, 1.165) is 11.3 Å². The number of carbonyl (C=O) groups excluding carboxylic acids is 1. The molecule has 174 valence electrons. The molecule has 2 aromatic carbocycles. The molecule has 2 N–H and O–H groups in total. The van der Waals surface area contributed by atoms with Crippen molar-refractivity contribution in [1.29, 1.82) is 0 Å². The molecular weight excluding hydrogens is 494 g/mol. The van der Waals surface area contributed by atoms with E-state index >= 15 is 0 Å². The van der Waals surface area contributed by atoms with Crippen molar-refractivity contribution in [1.82, 2.24) is 10.5 Å². The van der Waals surface area contributed by atoms with Gasteiger partial charge in [0.2, 0.25) is 0 Å². The van der Waals surface area contributed by atoms with E-state index in [-0.39, 0.29) is 22.0 Å². The number of aryl methyl sites for hydroxylation is 1. The van der Waals surface area contributed by atoms with E-state index in [1.54, 1.807) is 73.2 Å². The maximum Gasteiger partial charge on any atom is 0.276 e. The van der Waals surface area contributed by atoms with Crippen LogP contribution in [0.5, 0.6) is 0 Å². The van der Waals surface area contributed by atoms with Gasteiger partial charge < -0.3 is 0 Å². The third-order valence-electron chi connectivity index (χ3n) is 5.12. The van der Waals surface area contributed by atoms with Gasteiger partial charge in [-0.2, -0.15) is 0 Å². The van der Waals surface area contributed by atoms with Gasteiger partial charge in [-0.15, -0.1) is 11.3 Å². The molecule has 0 bridgehead atoms. The van der Waals surface area contributed by atoms with Crippen molar-refractivity contribution in [3.05, 3.63) is 101 Å². The molecule has 34 heavy (non-hydrogen) atoms. The van der Waals surface area contributed by atoms with Crippen molar-refractivity contribution in [2.75, 3.05) is 4.31 Å². The molecule has 7 nitrogen and oxygen atoms in total. The molecule has 0 fully saturated rings. The molecule has 10 heteroatoms. The smallest absolute Gasteiger partial charge is 0.276 e. The zero-order chi connectivity index (χ0) is 24.3. The fourth-order valence-electron chi connectivity index (χ4n) is 3.49. The summed E-state index contributed by atoms with van der Waals surface area (Å²) in [6, 6.07) is 20.3. The normalized spacial score (nSPS) is 11.3. The topological polar surface area (TPSA) is 99.6 Å². The molecule has 4 aromatic rings. The second kappa shape index (κ2) is 9.94. The Kier molecular flexibility index (Phi) is 6.99. The Labute approximate surface area is 206 Å². The molecule has 0 atom stereocenters. The van der Waals surface area contributed by atoms with Crippen molar-refractivity contribution in [3.8, 4) is 10.6 Å². The highest BCUT2D eigenvalue weighted by molar-refractivity contribution is 7.94. The number of nitrogens with one attached hydrogen (secondary N) is 1. The van der Waals surface area contributed by atoms with E-state index < -0.39 is 15.9 Å². The Hall–Kier alpha value is -3.24. The molecule has 1 amide bonds. The van der Waals surface area contributed by atoms with E-state index in [0.29, 0.717) is 26.7 Å². The third-order valence-corrected chi connectivity index (χ3v) is 8.69. The summed E-state index contributed by atoms with van der Waals surface area (Å²) in [4.78, 5) is 17.4. The van der Waals surface area contributed by atoms with Crippen LogP contribution in [0.25, 0.3) is 10.6 Å². The van der Waals surface area contributed by atoms with Gasteiger partial charge in [0.15, 0.2) is 0 Å². The fraction of sp³-hybridized carbons (Fsp3) is 0.0833. The predicted octanol–water partition coefficient (Wildman–Crippen LogP) is 5.29. The van der Waals surface area contributed by atoms with Crippen LogP contribution < -0.4 is 9.79 Å². The zero-order valence-corrected chi connectivity index (χ0v) is 20.4. The maximum atomic E-state index is 14.0. The summed E-state index contributed by atoms with van der Waals surface area (Å²) in [6.07, 6.45) is 1.64. The molecule has 0 aliphatic rings. The predicted molar refractivity (Wildman–Crippen MR) is 133 cm³/mol. The Morgan fingerprint density at radius 3 is 2.50 bits per heavy atom. The molecule has 0 aliphatic carbocycles. The van der Waals surface area contributed by atoms with Crippen LogP contribution in [0.3, 0.4) is 0 Å². The number of sulfonamides is 1. The van der Waals surface area contributed by atoms with Crippen LogP contribution in [0, 0.1) is 6.92 Å². The lowest BCUT2D eigenvalue weighted by molar-refractivity contribution is 0.0707. The molecule has 0 aliphatic heterocycles. The van der Waals surface area contributed by atoms with Crippen molar-refractivity contribution in [2.24, 2.45) is 0 Å². The van der Waals surface area contributed by atoms with Crippen LogP contribution in [0.4, 0.5) is 5.69 Å². The quantitative estimate of drug-likeness (QED) is 0.258. The first-order valence-corrected chi connectivity index (χ1v) is 12.8. The Balaban J connectivity index is 1.86. The van der Waals surface area contributed by atoms with Gasteiger partial charge in [-0.1, -0.05) is 41.9 Å². The Morgan fingerprint density at radius 1 is 1.06 bits per heavy atom. The first kappa shape index (κ1) is 23.9. The number of para-hydroxylation sites is 1. The summed E-state index contributed by atoms with van der Waals surface area (Å²) in [7, 11) is -4.11. The molecule has 0 saturated heterocycles. The zero-order valence-electron chi connectivity index (χ0n) is 18.0. The number of pyridine rings is 1. The van der Waals surface area contributed by atoms with E-state index in [1.807, 2.05) is 6.07 Å². The van der Waals surface area contributed by atoms with Crippen molar-refractivity contribution < 1.29 is 18.4 Å². The molecule has 2 aromatic heterocycles. The third kappa shape index (κ3) is 4.83. The van der Waals surface area contributed by atoms with E-state index in [9.17, 15) is 18.4 Å². The second-order valence-corrected chi connectivity index (χ2v) is 11.0. The van der Waals surface area contributed by atoms with Gasteiger partial charge in [0.25, 0.3) is 15.9 Å². The number of benzene rings is 2. The molecule has 2 heterocycles. The fourth-order valence-corrected chi connectivity index (χ4v) is 6.55. The average Bonchev–Trinajstić information content (AvgIpc) is 3.35. The number of amides is 1. The summed E-state index contributed by atoms with van der Waals surface area (Å²) >= 11 is 7.10. The average molecular weight is 514 g/mol. The van der Waals surface area contributed by atoms with Crippen molar-refractivity contribution >= 4 is 44.6 Å². The number of halogens is 1. The van der Waals surface area contributed by atoms with Gasteiger partial charge in [0.1, 0.15) is 4.21 Å². The van der Waals surface area contributed by atoms with Crippen LogP contribution in [-0.4, -0.2) is 24.5 Å². The standard InChI is InChI=1S/C24H20ClN3O4S2/c1-16-5-4-6-19(24(29)27-30)23(16)28(15-17-8-10-18(25)11-9-17)34(31,32)22-13-12-21(33-22)20-7-2-3-14-26-20/h2-14,30H,15H2,1H3,(H,27,29). The maximum absolute atomic E-state index is 14.0. The molecule has 0 radical (unpaired) electrons. The Bertz CT molecular complexity index is 1420. The number of rotatable bonds is 7. The van der Waals surface area contributed by atoms with E-state index in [4.69, 9.17) is 11.6 Å². The number of hydroxylamine groups is 1. The van der Waals surface area contributed by atoms with E-state index in [1.165, 1.54) is 16.4 Å². The molecule has 0 spiro atoms. The number of hydrogen-bond acceptors (Lipinski definition) is 6. The van der Waals surface area contributed by atoms with Gasteiger partial charge >= 0.3 is 0 Å². The number of carbonyl (C=O) groups is 1.